The van der Waals surface area contributed by atoms with E-state index in [-0.39, 0.29) is 5.69 Å². The lowest BCUT2D eigenvalue weighted by atomic mass is 10.2. The highest BCUT2D eigenvalue weighted by molar-refractivity contribution is 6.42. The van der Waals surface area contributed by atoms with Crippen molar-refractivity contribution in [1.82, 2.24) is 10.2 Å². The van der Waals surface area contributed by atoms with Crippen molar-refractivity contribution >= 4 is 51.7 Å². The Bertz CT molecular complexity index is 924. The minimum absolute atomic E-state index is 0.132. The average Bonchev–Trinajstić information content (AvgIpc) is 3.00. The molecule has 1 aromatic heterocycles. The first-order valence-electron chi connectivity index (χ1n) is 6.90. The quantitative estimate of drug-likeness (QED) is 0.692. The van der Waals surface area contributed by atoms with Crippen molar-refractivity contribution in [1.29, 1.82) is 0 Å². The average molecular weight is 364 g/mol. The van der Waals surface area contributed by atoms with Gasteiger partial charge >= 0.3 is 5.97 Å². The van der Waals surface area contributed by atoms with Gasteiger partial charge in [0.2, 0.25) is 0 Å². The summed E-state index contributed by atoms with van der Waals surface area (Å²) in [6.07, 6.45) is 0. The van der Waals surface area contributed by atoms with E-state index in [1.165, 1.54) is 6.07 Å². The van der Waals surface area contributed by atoms with Crippen LogP contribution in [0.1, 0.15) is 10.5 Å². The van der Waals surface area contributed by atoms with Gasteiger partial charge in [-0.2, -0.15) is 5.10 Å². The molecule has 1 amide bonds. The van der Waals surface area contributed by atoms with Gasteiger partial charge in [0.15, 0.2) is 12.3 Å². The monoisotopic (exact) mass is 363 g/mol. The van der Waals surface area contributed by atoms with E-state index in [2.05, 4.69) is 15.5 Å². The second-order valence-corrected chi connectivity index (χ2v) is 5.69. The molecule has 8 heteroatoms. The minimum Gasteiger partial charge on any atom is -0.451 e. The number of esters is 1. The third-order valence-corrected chi connectivity index (χ3v) is 3.94. The van der Waals surface area contributed by atoms with Gasteiger partial charge in [-0.1, -0.05) is 41.4 Å². The molecule has 0 aliphatic carbocycles. The van der Waals surface area contributed by atoms with Crippen LogP contribution in [-0.4, -0.2) is 28.7 Å². The van der Waals surface area contributed by atoms with Crippen molar-refractivity contribution in [2.75, 3.05) is 11.9 Å². The minimum atomic E-state index is -0.684. The number of aromatic nitrogens is 2. The molecule has 0 aliphatic heterocycles. The third-order valence-electron chi connectivity index (χ3n) is 3.20. The molecule has 0 saturated carbocycles. The van der Waals surface area contributed by atoms with Gasteiger partial charge in [0.25, 0.3) is 5.91 Å². The molecule has 0 saturated heterocycles. The molecule has 2 aromatic carbocycles. The number of H-pyrrole nitrogens is 1. The Morgan fingerprint density at radius 1 is 1.12 bits per heavy atom. The number of rotatable bonds is 4. The molecule has 0 spiro atoms. The molecular formula is C16H11Cl2N3O3. The van der Waals surface area contributed by atoms with E-state index in [9.17, 15) is 9.59 Å². The van der Waals surface area contributed by atoms with E-state index < -0.39 is 18.5 Å². The van der Waals surface area contributed by atoms with Crippen LogP contribution in [0.15, 0.2) is 42.5 Å². The number of hydrogen-bond acceptors (Lipinski definition) is 4. The second kappa shape index (κ2) is 6.90. The number of carbonyl (C=O) groups excluding carboxylic acids is 2. The molecular weight excluding hydrogens is 353 g/mol. The maximum atomic E-state index is 12.1. The maximum absolute atomic E-state index is 12.1. The molecule has 0 atom stereocenters. The molecule has 2 N–H and O–H groups in total. The number of nitrogens with one attached hydrogen (secondary N) is 2. The van der Waals surface area contributed by atoms with Gasteiger partial charge in [0.05, 0.1) is 15.6 Å². The lowest BCUT2D eigenvalue weighted by molar-refractivity contribution is -0.119. The summed E-state index contributed by atoms with van der Waals surface area (Å²) in [6, 6.07) is 11.8. The van der Waals surface area contributed by atoms with Gasteiger partial charge in [-0.05, 0) is 24.3 Å². The van der Waals surface area contributed by atoms with Gasteiger partial charge in [-0.15, -0.1) is 0 Å². The molecule has 0 unspecified atom stereocenters. The van der Waals surface area contributed by atoms with Gasteiger partial charge < -0.3 is 10.1 Å². The number of para-hydroxylation sites is 1. The van der Waals surface area contributed by atoms with Crippen LogP contribution in [-0.2, 0) is 9.53 Å². The zero-order valence-corrected chi connectivity index (χ0v) is 13.7. The molecule has 6 nitrogen and oxygen atoms in total. The van der Waals surface area contributed by atoms with E-state index in [1.54, 1.807) is 30.3 Å². The summed E-state index contributed by atoms with van der Waals surface area (Å²) in [5.74, 6) is -1.18. The number of aromatic amines is 1. The lowest BCUT2D eigenvalue weighted by Gasteiger charge is -2.07. The summed E-state index contributed by atoms with van der Waals surface area (Å²) in [7, 11) is 0. The molecule has 122 valence electrons. The Balaban J connectivity index is 1.61. The van der Waals surface area contributed by atoms with Crippen LogP contribution in [0.4, 0.5) is 5.69 Å². The molecule has 24 heavy (non-hydrogen) atoms. The number of ether oxygens (including phenoxy) is 1. The highest BCUT2D eigenvalue weighted by atomic mass is 35.5. The van der Waals surface area contributed by atoms with Crippen LogP contribution in [0, 0.1) is 0 Å². The Labute approximate surface area is 146 Å². The molecule has 3 aromatic rings. The first-order valence-corrected chi connectivity index (χ1v) is 7.65. The number of fused-ring (bicyclic) bond motifs is 1. The Morgan fingerprint density at radius 2 is 1.92 bits per heavy atom. The van der Waals surface area contributed by atoms with E-state index in [0.29, 0.717) is 26.6 Å². The standard InChI is InChI=1S/C16H11Cl2N3O3/c17-11-6-5-9(7-12(11)18)19-14(22)8-24-16(23)15-10-3-1-2-4-13(10)20-21-15/h1-7H,8H2,(H,19,22)(H,20,21). The van der Waals surface area contributed by atoms with Crippen LogP contribution >= 0.6 is 23.2 Å². The van der Waals surface area contributed by atoms with Crippen molar-refractivity contribution in [2.45, 2.75) is 0 Å². The number of halogens is 2. The van der Waals surface area contributed by atoms with Gasteiger partial charge in [-0.25, -0.2) is 4.79 Å². The summed E-state index contributed by atoms with van der Waals surface area (Å²) < 4.78 is 4.99. The molecule has 3 rings (SSSR count). The number of hydrogen-bond donors (Lipinski definition) is 2. The predicted octanol–water partition coefficient (Wildman–Crippen LogP) is 3.67. The van der Waals surface area contributed by atoms with Crippen LogP contribution in [0.25, 0.3) is 10.9 Å². The van der Waals surface area contributed by atoms with E-state index in [4.69, 9.17) is 27.9 Å². The zero-order chi connectivity index (χ0) is 17.1. The normalized spacial score (nSPS) is 10.6. The summed E-state index contributed by atoms with van der Waals surface area (Å²) in [5.41, 5.74) is 1.30. The fourth-order valence-electron chi connectivity index (χ4n) is 2.09. The SMILES string of the molecule is O=C(COC(=O)c1n[nH]c2ccccc12)Nc1ccc(Cl)c(Cl)c1. The van der Waals surface area contributed by atoms with Crippen molar-refractivity contribution in [3.63, 3.8) is 0 Å². The third kappa shape index (κ3) is 3.50. The lowest BCUT2D eigenvalue weighted by Crippen LogP contribution is -2.21. The summed E-state index contributed by atoms with van der Waals surface area (Å²) >= 11 is 11.7. The topological polar surface area (TPSA) is 84.1 Å². The Hall–Kier alpha value is -2.57. The first kappa shape index (κ1) is 16.3. The molecule has 0 bridgehead atoms. The largest absolute Gasteiger partial charge is 0.451 e. The van der Waals surface area contributed by atoms with Crippen LogP contribution < -0.4 is 5.32 Å². The predicted molar refractivity (Wildman–Crippen MR) is 91.5 cm³/mol. The number of benzene rings is 2. The summed E-state index contributed by atoms with van der Waals surface area (Å²) in [5, 5.41) is 10.5. The highest BCUT2D eigenvalue weighted by Crippen LogP contribution is 2.25. The molecule has 1 heterocycles. The van der Waals surface area contributed by atoms with E-state index in [0.717, 1.165) is 0 Å². The first-order chi connectivity index (χ1) is 11.5. The number of nitrogens with zero attached hydrogens (tertiary/aromatic N) is 1. The summed E-state index contributed by atoms with van der Waals surface area (Å²) in [6.45, 7) is -0.444. The smallest absolute Gasteiger partial charge is 0.359 e. The molecule has 0 radical (unpaired) electrons. The van der Waals surface area contributed by atoms with Crippen LogP contribution in [0.5, 0.6) is 0 Å². The molecule has 0 aliphatic rings. The van der Waals surface area contributed by atoms with Gasteiger partial charge in [-0.3, -0.25) is 9.89 Å². The number of amides is 1. The zero-order valence-electron chi connectivity index (χ0n) is 12.2. The number of anilines is 1. The molecule has 0 fully saturated rings. The van der Waals surface area contributed by atoms with Gasteiger partial charge in [0, 0.05) is 11.1 Å². The van der Waals surface area contributed by atoms with E-state index >= 15 is 0 Å². The summed E-state index contributed by atoms with van der Waals surface area (Å²) in [4.78, 5) is 23.9. The Morgan fingerprint density at radius 3 is 2.71 bits per heavy atom. The van der Waals surface area contributed by atoms with Crippen LogP contribution in [0.3, 0.4) is 0 Å². The van der Waals surface area contributed by atoms with E-state index in [1.807, 2.05) is 6.07 Å². The van der Waals surface area contributed by atoms with Crippen molar-refractivity contribution in [3.05, 3.63) is 58.2 Å². The van der Waals surface area contributed by atoms with Crippen molar-refractivity contribution in [3.8, 4) is 0 Å². The fourth-order valence-corrected chi connectivity index (χ4v) is 2.39. The highest BCUT2D eigenvalue weighted by Gasteiger charge is 2.16. The van der Waals surface area contributed by atoms with Crippen molar-refractivity contribution in [2.24, 2.45) is 0 Å². The van der Waals surface area contributed by atoms with Gasteiger partial charge in [0.1, 0.15) is 0 Å². The maximum Gasteiger partial charge on any atom is 0.359 e. The Kier molecular flexibility index (Phi) is 4.69. The number of carbonyl (C=O) groups is 2. The second-order valence-electron chi connectivity index (χ2n) is 4.87. The van der Waals surface area contributed by atoms with Crippen LogP contribution in [0.2, 0.25) is 10.0 Å². The fraction of sp³-hybridized carbons (Fsp3) is 0.0625. The van der Waals surface area contributed by atoms with Crippen molar-refractivity contribution < 1.29 is 14.3 Å².